The number of halogens is 1. The van der Waals surface area contributed by atoms with Crippen molar-refractivity contribution >= 4 is 17.2 Å². The van der Waals surface area contributed by atoms with Crippen molar-refractivity contribution in [2.45, 2.75) is 6.92 Å². The van der Waals surface area contributed by atoms with Crippen molar-refractivity contribution in [2.24, 2.45) is 0 Å². The first-order valence-electron chi connectivity index (χ1n) is 5.17. The second-order valence-electron chi connectivity index (χ2n) is 3.74. The fourth-order valence-electron chi connectivity index (χ4n) is 1.69. The van der Waals surface area contributed by atoms with Crippen LogP contribution in [0.5, 0.6) is 0 Å². The number of pyridine rings is 1. The van der Waals surface area contributed by atoms with E-state index in [-0.39, 0.29) is 0 Å². The molecule has 0 amide bonds. The lowest BCUT2D eigenvalue weighted by Crippen LogP contribution is -1.94. The largest absolute Gasteiger partial charge is 0.295 e. The van der Waals surface area contributed by atoms with Gasteiger partial charge in [0.15, 0.2) is 5.82 Å². The van der Waals surface area contributed by atoms with Crippen molar-refractivity contribution < 1.29 is 0 Å². The highest BCUT2D eigenvalue weighted by Gasteiger charge is 2.08. The van der Waals surface area contributed by atoms with Gasteiger partial charge in [0.25, 0.3) is 0 Å². The lowest BCUT2D eigenvalue weighted by molar-refractivity contribution is 1.07. The van der Waals surface area contributed by atoms with Gasteiger partial charge in [-0.3, -0.25) is 4.40 Å². The maximum atomic E-state index is 5.98. The number of nitrogens with zero attached hydrogens (tertiary/aromatic N) is 4. The van der Waals surface area contributed by atoms with Gasteiger partial charge in [0.05, 0.1) is 11.2 Å². The van der Waals surface area contributed by atoms with Crippen LogP contribution in [0.3, 0.4) is 0 Å². The van der Waals surface area contributed by atoms with Crippen LogP contribution in [0.15, 0.2) is 36.8 Å². The molecule has 3 rings (SSSR count). The first-order chi connectivity index (χ1) is 8.24. The average Bonchev–Trinajstić information content (AvgIpc) is 2.71. The topological polar surface area (TPSA) is 43.1 Å². The van der Waals surface area contributed by atoms with Gasteiger partial charge in [0.1, 0.15) is 11.3 Å². The third-order valence-corrected chi connectivity index (χ3v) is 2.72. The molecule has 5 heteroatoms. The first kappa shape index (κ1) is 10.2. The predicted molar refractivity (Wildman–Crippen MR) is 66.0 cm³/mol. The number of imidazole rings is 1. The van der Waals surface area contributed by atoms with Gasteiger partial charge < -0.3 is 0 Å². The molecule has 0 spiro atoms. The molecule has 0 bridgehead atoms. The van der Waals surface area contributed by atoms with Crippen molar-refractivity contribution in [1.29, 1.82) is 0 Å². The normalized spacial score (nSPS) is 10.9. The molecule has 0 aliphatic rings. The molecule has 0 radical (unpaired) electrons. The van der Waals surface area contributed by atoms with Crippen LogP contribution in [0.2, 0.25) is 5.02 Å². The summed E-state index contributed by atoms with van der Waals surface area (Å²) in [6, 6.07) is 5.53. The van der Waals surface area contributed by atoms with E-state index in [0.717, 1.165) is 17.0 Å². The highest BCUT2D eigenvalue weighted by molar-refractivity contribution is 6.30. The van der Waals surface area contributed by atoms with Crippen molar-refractivity contribution in [2.75, 3.05) is 0 Å². The van der Waals surface area contributed by atoms with E-state index in [0.29, 0.717) is 10.8 Å². The molecule has 3 heterocycles. The summed E-state index contributed by atoms with van der Waals surface area (Å²) >= 11 is 5.98. The van der Waals surface area contributed by atoms with E-state index in [2.05, 4.69) is 15.0 Å². The predicted octanol–water partition coefficient (Wildman–Crippen LogP) is 2.75. The number of aromatic nitrogens is 4. The quantitative estimate of drug-likeness (QED) is 0.661. The summed E-state index contributed by atoms with van der Waals surface area (Å²) in [5, 5.41) is 0.657. The molecule has 0 atom stereocenters. The first-order valence-corrected chi connectivity index (χ1v) is 5.54. The van der Waals surface area contributed by atoms with Crippen LogP contribution in [0.25, 0.3) is 17.2 Å². The number of fused-ring (bicyclic) bond motifs is 1. The van der Waals surface area contributed by atoms with E-state index in [1.807, 2.05) is 35.7 Å². The summed E-state index contributed by atoms with van der Waals surface area (Å²) in [7, 11) is 0. The number of hydrogen-bond donors (Lipinski definition) is 0. The minimum absolute atomic E-state index is 0.653. The molecule has 0 aliphatic carbocycles. The number of hydrogen-bond acceptors (Lipinski definition) is 3. The zero-order chi connectivity index (χ0) is 11.8. The Kier molecular flexibility index (Phi) is 2.30. The van der Waals surface area contributed by atoms with Crippen LogP contribution >= 0.6 is 11.6 Å². The van der Waals surface area contributed by atoms with Gasteiger partial charge in [-0.25, -0.2) is 15.0 Å². The minimum atomic E-state index is 0.653. The summed E-state index contributed by atoms with van der Waals surface area (Å²) in [6.45, 7) is 1.93. The van der Waals surface area contributed by atoms with Crippen molar-refractivity contribution in [3.63, 3.8) is 0 Å². The lowest BCUT2D eigenvalue weighted by Gasteiger charge is -2.01. The van der Waals surface area contributed by atoms with Crippen molar-refractivity contribution in [3.05, 3.63) is 47.5 Å². The fourth-order valence-corrected chi connectivity index (χ4v) is 1.85. The van der Waals surface area contributed by atoms with Crippen molar-refractivity contribution in [3.8, 4) is 11.5 Å². The minimum Gasteiger partial charge on any atom is -0.295 e. The molecule has 17 heavy (non-hydrogen) atoms. The Labute approximate surface area is 103 Å². The second-order valence-corrected chi connectivity index (χ2v) is 4.18. The molecule has 0 aliphatic heterocycles. The Morgan fingerprint density at radius 1 is 1.18 bits per heavy atom. The van der Waals surface area contributed by atoms with E-state index in [9.17, 15) is 0 Å². The highest BCUT2D eigenvalue weighted by atomic mass is 35.5. The molecule has 0 unspecified atom stereocenters. The molecule has 3 aromatic rings. The number of rotatable bonds is 1. The Hall–Kier alpha value is -1.94. The van der Waals surface area contributed by atoms with Gasteiger partial charge in [-0.15, -0.1) is 0 Å². The van der Waals surface area contributed by atoms with Crippen LogP contribution in [0, 0.1) is 6.92 Å². The molecule has 0 N–H and O–H groups in total. The SMILES string of the molecule is Cc1ccnc(-c2cnc3ccc(Cl)cn23)n1. The lowest BCUT2D eigenvalue weighted by atomic mass is 10.4. The molecule has 0 aromatic carbocycles. The van der Waals surface area contributed by atoms with Gasteiger partial charge in [-0.05, 0) is 25.1 Å². The standard InChI is InChI=1S/C12H9ClN4/c1-8-4-5-14-12(16-8)10-6-15-11-3-2-9(13)7-17(10)11/h2-7H,1H3. The fraction of sp³-hybridized carbons (Fsp3) is 0.0833. The van der Waals surface area contributed by atoms with E-state index < -0.39 is 0 Å². The third kappa shape index (κ3) is 1.76. The van der Waals surface area contributed by atoms with E-state index in [1.165, 1.54) is 0 Å². The molecule has 0 saturated carbocycles. The summed E-state index contributed by atoms with van der Waals surface area (Å²) in [5.41, 5.74) is 2.59. The molecular formula is C12H9ClN4. The molecule has 84 valence electrons. The van der Waals surface area contributed by atoms with E-state index in [1.54, 1.807) is 12.4 Å². The Balaban J connectivity index is 2.27. The van der Waals surface area contributed by atoms with Crippen LogP contribution < -0.4 is 0 Å². The Morgan fingerprint density at radius 3 is 2.88 bits per heavy atom. The van der Waals surface area contributed by atoms with Crippen molar-refractivity contribution in [1.82, 2.24) is 19.4 Å². The van der Waals surface area contributed by atoms with E-state index in [4.69, 9.17) is 11.6 Å². The zero-order valence-corrected chi connectivity index (χ0v) is 9.89. The summed E-state index contributed by atoms with van der Waals surface area (Å²) in [5.74, 6) is 0.653. The van der Waals surface area contributed by atoms with Crippen LogP contribution in [0.4, 0.5) is 0 Å². The average molecular weight is 245 g/mol. The zero-order valence-electron chi connectivity index (χ0n) is 9.13. The van der Waals surface area contributed by atoms with Gasteiger partial charge in [-0.2, -0.15) is 0 Å². The van der Waals surface area contributed by atoms with Gasteiger partial charge in [0, 0.05) is 18.1 Å². The molecule has 4 nitrogen and oxygen atoms in total. The van der Waals surface area contributed by atoms with Gasteiger partial charge >= 0.3 is 0 Å². The van der Waals surface area contributed by atoms with Crippen LogP contribution in [-0.2, 0) is 0 Å². The summed E-state index contributed by atoms with van der Waals surface area (Å²) in [6.07, 6.45) is 5.30. The third-order valence-electron chi connectivity index (χ3n) is 2.49. The highest BCUT2D eigenvalue weighted by Crippen LogP contribution is 2.19. The maximum Gasteiger partial charge on any atom is 0.178 e. The molecule has 0 saturated heterocycles. The smallest absolute Gasteiger partial charge is 0.178 e. The van der Waals surface area contributed by atoms with Crippen LogP contribution in [-0.4, -0.2) is 19.4 Å². The summed E-state index contributed by atoms with van der Waals surface area (Å²) in [4.78, 5) is 12.9. The van der Waals surface area contributed by atoms with E-state index >= 15 is 0 Å². The van der Waals surface area contributed by atoms with Gasteiger partial charge in [-0.1, -0.05) is 11.6 Å². The second kappa shape index (κ2) is 3.82. The maximum absolute atomic E-state index is 5.98. The van der Waals surface area contributed by atoms with Crippen LogP contribution in [0.1, 0.15) is 5.69 Å². The molecule has 3 aromatic heterocycles. The summed E-state index contributed by atoms with van der Waals surface area (Å²) < 4.78 is 1.89. The molecular weight excluding hydrogens is 236 g/mol. The number of aryl methyl sites for hydroxylation is 1. The Morgan fingerprint density at radius 2 is 2.06 bits per heavy atom. The van der Waals surface area contributed by atoms with Gasteiger partial charge in [0.2, 0.25) is 0 Å². The monoisotopic (exact) mass is 244 g/mol. The Bertz CT molecular complexity index is 690. The molecule has 0 fully saturated rings.